The van der Waals surface area contributed by atoms with Gasteiger partial charge in [0.1, 0.15) is 23.1 Å². The summed E-state index contributed by atoms with van der Waals surface area (Å²) in [5.41, 5.74) is 2.63. The number of amides is 1. The Morgan fingerprint density at radius 3 is 2.50 bits per heavy atom. The van der Waals surface area contributed by atoms with E-state index < -0.39 is 0 Å². The minimum Gasteiger partial charge on any atom is -0.484 e. The Labute approximate surface area is 234 Å². The van der Waals surface area contributed by atoms with Crippen molar-refractivity contribution in [3.05, 3.63) is 114 Å². The monoisotopic (exact) mass is 540 g/mol. The fourth-order valence-corrected chi connectivity index (χ4v) is 5.10. The Kier molecular flexibility index (Phi) is 8.71. The molecule has 206 valence electrons. The predicted octanol–water partition coefficient (Wildman–Crippen LogP) is 7.55. The molecule has 0 saturated carbocycles. The molecule has 1 amide bonds. The van der Waals surface area contributed by atoms with Gasteiger partial charge in [-0.05, 0) is 90.0 Å². The molecule has 1 aliphatic rings. The number of anilines is 1. The van der Waals surface area contributed by atoms with Gasteiger partial charge in [-0.2, -0.15) is 0 Å². The van der Waals surface area contributed by atoms with E-state index in [-0.39, 0.29) is 36.3 Å². The molecule has 1 saturated heterocycles. The fraction of sp³-hybridized carbons (Fsp3) is 0.273. The Hall–Kier alpha value is -4.23. The second kappa shape index (κ2) is 12.7. The number of hydrogen-bond acceptors (Lipinski definition) is 5. The zero-order valence-electron chi connectivity index (χ0n) is 22.6. The summed E-state index contributed by atoms with van der Waals surface area (Å²) < 4.78 is 31.8. The summed E-state index contributed by atoms with van der Waals surface area (Å²) in [5.74, 6) is 2.18. The Balaban J connectivity index is 1.17. The van der Waals surface area contributed by atoms with E-state index >= 15 is 0 Å². The van der Waals surface area contributed by atoms with Crippen LogP contribution >= 0.6 is 0 Å². The molecule has 0 unspecified atom stereocenters. The highest BCUT2D eigenvalue weighted by atomic mass is 19.1. The van der Waals surface area contributed by atoms with Gasteiger partial charge in [0.2, 0.25) is 0 Å². The normalized spacial score (nSPS) is 18.8. The predicted molar refractivity (Wildman–Crippen MR) is 152 cm³/mol. The van der Waals surface area contributed by atoms with Crippen LogP contribution in [-0.4, -0.2) is 24.1 Å². The number of ether oxygens (including phenoxy) is 3. The molecule has 0 bridgehead atoms. The summed E-state index contributed by atoms with van der Waals surface area (Å²) in [4.78, 5) is 16.6. The molecule has 1 aliphatic heterocycles. The molecular weight excluding hydrogens is 507 g/mol. The molecule has 1 fully saturated rings. The van der Waals surface area contributed by atoms with Crippen molar-refractivity contribution in [3.63, 3.8) is 0 Å². The summed E-state index contributed by atoms with van der Waals surface area (Å²) in [6.45, 7) is 4.78. The van der Waals surface area contributed by atoms with E-state index in [9.17, 15) is 9.18 Å². The van der Waals surface area contributed by atoms with Gasteiger partial charge in [0, 0.05) is 17.8 Å². The summed E-state index contributed by atoms with van der Waals surface area (Å²) >= 11 is 0. The molecule has 3 aromatic carbocycles. The van der Waals surface area contributed by atoms with Crippen LogP contribution in [0, 0.1) is 17.7 Å². The smallest absolute Gasteiger partial charge is 0.262 e. The van der Waals surface area contributed by atoms with E-state index in [0.29, 0.717) is 35.5 Å². The standard InChI is InChI=1S/C33H33FN2O4/c1-22(2)31-18-25(23-6-3-8-26(34)16-23)20-39-33(31)24-7-4-9-29(17-24)38-21-32(37)36-27-11-13-28(14-12-27)40-30-10-5-15-35-19-30/h3-17,19,22,25,31,33H,18,20-21H2,1-2H3,(H,36,37)/t25-,31-,33-/m0/s1. The molecule has 7 heteroatoms. The summed E-state index contributed by atoms with van der Waals surface area (Å²) in [6.07, 6.45) is 4.12. The summed E-state index contributed by atoms with van der Waals surface area (Å²) in [6, 6.07) is 25.3. The molecule has 4 aromatic rings. The first-order valence-corrected chi connectivity index (χ1v) is 13.5. The summed E-state index contributed by atoms with van der Waals surface area (Å²) in [7, 11) is 0. The van der Waals surface area contributed by atoms with Crippen molar-refractivity contribution < 1.29 is 23.4 Å². The highest BCUT2D eigenvalue weighted by molar-refractivity contribution is 5.91. The van der Waals surface area contributed by atoms with Gasteiger partial charge in [0.15, 0.2) is 6.61 Å². The maximum Gasteiger partial charge on any atom is 0.262 e. The maximum atomic E-state index is 13.8. The van der Waals surface area contributed by atoms with Crippen LogP contribution in [0.1, 0.15) is 43.4 Å². The lowest BCUT2D eigenvalue weighted by Crippen LogP contribution is -2.31. The van der Waals surface area contributed by atoms with Gasteiger partial charge in [-0.3, -0.25) is 9.78 Å². The SMILES string of the molecule is CC(C)[C@@H]1C[C@H](c2cccc(F)c2)CO[C@H]1c1cccc(OCC(=O)Nc2ccc(Oc3cccnc3)cc2)c1. The first kappa shape index (κ1) is 27.3. The van der Waals surface area contributed by atoms with Crippen molar-refractivity contribution in [2.75, 3.05) is 18.5 Å². The first-order chi connectivity index (χ1) is 19.4. The van der Waals surface area contributed by atoms with Gasteiger partial charge in [0.25, 0.3) is 5.91 Å². The molecule has 3 atom stereocenters. The van der Waals surface area contributed by atoms with Crippen LogP contribution in [0.3, 0.4) is 0 Å². The Bertz CT molecular complexity index is 1410. The number of halogens is 1. The van der Waals surface area contributed by atoms with E-state index in [1.165, 1.54) is 6.07 Å². The van der Waals surface area contributed by atoms with Crippen molar-refractivity contribution in [1.29, 1.82) is 0 Å². The number of rotatable bonds is 9. The van der Waals surface area contributed by atoms with Crippen molar-refractivity contribution in [2.24, 2.45) is 11.8 Å². The lowest BCUT2D eigenvalue weighted by Gasteiger charge is -2.39. The quantitative estimate of drug-likeness (QED) is 0.237. The third-order valence-corrected chi connectivity index (χ3v) is 7.16. The molecule has 0 spiro atoms. The molecule has 1 N–H and O–H groups in total. The molecular formula is C33H33FN2O4. The van der Waals surface area contributed by atoms with Crippen LogP contribution in [0.4, 0.5) is 10.1 Å². The average molecular weight is 541 g/mol. The molecule has 2 heterocycles. The third-order valence-electron chi connectivity index (χ3n) is 7.16. The average Bonchev–Trinajstić information content (AvgIpc) is 2.97. The van der Waals surface area contributed by atoms with Crippen molar-refractivity contribution >= 4 is 11.6 Å². The first-order valence-electron chi connectivity index (χ1n) is 13.5. The van der Waals surface area contributed by atoms with Gasteiger partial charge in [-0.25, -0.2) is 4.39 Å². The zero-order chi connectivity index (χ0) is 27.9. The number of carbonyl (C=O) groups is 1. The lowest BCUT2D eigenvalue weighted by molar-refractivity contribution is -0.118. The van der Waals surface area contributed by atoms with Gasteiger partial charge in [-0.15, -0.1) is 0 Å². The van der Waals surface area contributed by atoms with E-state index in [0.717, 1.165) is 17.5 Å². The molecule has 0 radical (unpaired) electrons. The number of hydrogen-bond donors (Lipinski definition) is 1. The van der Waals surface area contributed by atoms with Crippen LogP contribution in [0.2, 0.25) is 0 Å². The van der Waals surface area contributed by atoms with Gasteiger partial charge in [0.05, 0.1) is 18.9 Å². The fourth-order valence-electron chi connectivity index (χ4n) is 5.10. The number of aromatic nitrogens is 1. The number of benzene rings is 3. The van der Waals surface area contributed by atoms with E-state index in [4.69, 9.17) is 14.2 Å². The zero-order valence-corrected chi connectivity index (χ0v) is 22.6. The molecule has 6 nitrogen and oxygen atoms in total. The summed E-state index contributed by atoms with van der Waals surface area (Å²) in [5, 5.41) is 2.84. The van der Waals surface area contributed by atoms with Crippen LogP contribution in [0.25, 0.3) is 0 Å². The molecule has 1 aromatic heterocycles. The number of carbonyl (C=O) groups excluding carboxylic acids is 1. The highest BCUT2D eigenvalue weighted by Gasteiger charge is 2.35. The minimum absolute atomic E-state index is 0.102. The number of nitrogens with one attached hydrogen (secondary N) is 1. The molecule has 5 rings (SSSR count). The molecule has 0 aliphatic carbocycles. The third kappa shape index (κ3) is 7.04. The van der Waals surface area contributed by atoms with E-state index in [1.54, 1.807) is 54.9 Å². The van der Waals surface area contributed by atoms with Crippen molar-refractivity contribution in [2.45, 2.75) is 32.3 Å². The van der Waals surface area contributed by atoms with Crippen LogP contribution in [0.5, 0.6) is 17.2 Å². The second-order valence-corrected chi connectivity index (χ2v) is 10.4. The Morgan fingerprint density at radius 1 is 0.975 bits per heavy atom. The highest BCUT2D eigenvalue weighted by Crippen LogP contribution is 2.44. The Morgan fingerprint density at radius 2 is 1.75 bits per heavy atom. The van der Waals surface area contributed by atoms with E-state index in [2.05, 4.69) is 24.1 Å². The molecule has 40 heavy (non-hydrogen) atoms. The number of nitrogens with zero attached hydrogens (tertiary/aromatic N) is 1. The lowest BCUT2D eigenvalue weighted by atomic mass is 9.76. The van der Waals surface area contributed by atoms with Crippen molar-refractivity contribution in [3.8, 4) is 17.2 Å². The second-order valence-electron chi connectivity index (χ2n) is 10.4. The maximum absolute atomic E-state index is 13.8. The minimum atomic E-state index is -0.266. The van der Waals surface area contributed by atoms with Crippen LogP contribution in [-0.2, 0) is 9.53 Å². The van der Waals surface area contributed by atoms with Gasteiger partial charge < -0.3 is 19.5 Å². The van der Waals surface area contributed by atoms with Gasteiger partial charge >= 0.3 is 0 Å². The van der Waals surface area contributed by atoms with Crippen molar-refractivity contribution in [1.82, 2.24) is 4.98 Å². The number of pyridine rings is 1. The topological polar surface area (TPSA) is 69.7 Å². The van der Waals surface area contributed by atoms with Gasteiger partial charge in [-0.1, -0.05) is 38.1 Å². The van der Waals surface area contributed by atoms with E-state index in [1.807, 2.05) is 36.4 Å². The largest absolute Gasteiger partial charge is 0.484 e. The van der Waals surface area contributed by atoms with Crippen LogP contribution in [0.15, 0.2) is 97.3 Å². The van der Waals surface area contributed by atoms with Crippen LogP contribution < -0.4 is 14.8 Å².